The van der Waals surface area contributed by atoms with Crippen LogP contribution in [0.1, 0.15) is 18.1 Å². The van der Waals surface area contributed by atoms with Crippen molar-refractivity contribution in [3.05, 3.63) is 72.0 Å². The molecule has 0 radical (unpaired) electrons. The standard InChI is InChI=1S/C23H17F3N2O3/c1-13(29)27-18-8-7-16(23(24,25)26)11-19(18)28-21(30)10-15-12-31-20-9-6-14-4-2-3-5-17(14)22(15)20/h2-9,11-12H,10H2,1H3,(H,27,29)(H,28,30). The van der Waals surface area contributed by atoms with Crippen LogP contribution in [-0.2, 0) is 22.2 Å². The molecule has 31 heavy (non-hydrogen) atoms. The average Bonchev–Trinajstić information content (AvgIpc) is 3.11. The molecule has 1 heterocycles. The van der Waals surface area contributed by atoms with Crippen LogP contribution in [0, 0.1) is 0 Å². The van der Waals surface area contributed by atoms with E-state index in [0.29, 0.717) is 11.1 Å². The number of benzene rings is 3. The van der Waals surface area contributed by atoms with Crippen LogP contribution in [0.2, 0.25) is 0 Å². The van der Waals surface area contributed by atoms with Gasteiger partial charge in [-0.3, -0.25) is 9.59 Å². The number of furan rings is 1. The molecule has 0 bridgehead atoms. The first-order valence-corrected chi connectivity index (χ1v) is 9.39. The van der Waals surface area contributed by atoms with Gasteiger partial charge in [0.05, 0.1) is 29.6 Å². The Bertz CT molecular complexity index is 1310. The molecule has 158 valence electrons. The maximum atomic E-state index is 13.1. The third kappa shape index (κ3) is 4.23. The Balaban J connectivity index is 1.66. The van der Waals surface area contributed by atoms with Gasteiger partial charge in [0, 0.05) is 17.9 Å². The molecule has 0 saturated carbocycles. The number of carbonyl (C=O) groups excluding carboxylic acids is 2. The second kappa shape index (κ2) is 7.79. The number of carbonyl (C=O) groups is 2. The van der Waals surface area contributed by atoms with Gasteiger partial charge < -0.3 is 15.1 Å². The topological polar surface area (TPSA) is 71.3 Å². The van der Waals surface area contributed by atoms with Gasteiger partial charge in [-0.1, -0.05) is 30.3 Å². The molecule has 4 rings (SSSR count). The lowest BCUT2D eigenvalue weighted by Gasteiger charge is -2.15. The summed E-state index contributed by atoms with van der Waals surface area (Å²) < 4.78 is 44.9. The molecular weight excluding hydrogens is 409 g/mol. The van der Waals surface area contributed by atoms with Crippen LogP contribution in [0.4, 0.5) is 24.5 Å². The Labute approximate surface area is 174 Å². The molecule has 0 aliphatic heterocycles. The predicted octanol–water partition coefficient (Wildman–Crippen LogP) is 5.74. The van der Waals surface area contributed by atoms with Crippen molar-refractivity contribution in [3.8, 4) is 0 Å². The van der Waals surface area contributed by atoms with Gasteiger partial charge in [0.15, 0.2) is 0 Å². The summed E-state index contributed by atoms with van der Waals surface area (Å²) in [5.74, 6) is -1.01. The minimum Gasteiger partial charge on any atom is -0.464 e. The highest BCUT2D eigenvalue weighted by Crippen LogP contribution is 2.35. The van der Waals surface area contributed by atoms with E-state index in [1.54, 1.807) is 6.07 Å². The van der Waals surface area contributed by atoms with E-state index in [1.165, 1.54) is 13.2 Å². The molecule has 8 heteroatoms. The van der Waals surface area contributed by atoms with Gasteiger partial charge in [-0.2, -0.15) is 13.2 Å². The van der Waals surface area contributed by atoms with Crippen LogP contribution in [0.15, 0.2) is 65.3 Å². The smallest absolute Gasteiger partial charge is 0.416 e. The van der Waals surface area contributed by atoms with Crippen LogP contribution in [-0.4, -0.2) is 11.8 Å². The molecule has 0 fully saturated rings. The molecule has 3 aromatic carbocycles. The Kier molecular flexibility index (Phi) is 5.14. The molecule has 0 saturated heterocycles. The van der Waals surface area contributed by atoms with Crippen molar-refractivity contribution in [3.63, 3.8) is 0 Å². The lowest BCUT2D eigenvalue weighted by molar-refractivity contribution is -0.137. The zero-order valence-electron chi connectivity index (χ0n) is 16.3. The summed E-state index contributed by atoms with van der Waals surface area (Å²) in [5, 5.41) is 7.58. The Morgan fingerprint density at radius 2 is 1.74 bits per heavy atom. The van der Waals surface area contributed by atoms with Gasteiger partial charge in [0.25, 0.3) is 0 Å². The summed E-state index contributed by atoms with van der Waals surface area (Å²) >= 11 is 0. The van der Waals surface area contributed by atoms with E-state index in [9.17, 15) is 22.8 Å². The van der Waals surface area contributed by atoms with E-state index < -0.39 is 23.6 Å². The second-order valence-electron chi connectivity index (χ2n) is 7.09. The van der Waals surface area contributed by atoms with Crippen LogP contribution in [0.25, 0.3) is 21.7 Å². The molecular formula is C23H17F3N2O3. The van der Waals surface area contributed by atoms with Gasteiger partial charge in [0.2, 0.25) is 11.8 Å². The van der Waals surface area contributed by atoms with Crippen LogP contribution in [0.3, 0.4) is 0 Å². The Hall–Kier alpha value is -3.81. The quantitative estimate of drug-likeness (QED) is 0.437. The number of amides is 2. The predicted molar refractivity (Wildman–Crippen MR) is 112 cm³/mol. The lowest BCUT2D eigenvalue weighted by Crippen LogP contribution is -2.18. The molecule has 0 aliphatic carbocycles. The summed E-state index contributed by atoms with van der Waals surface area (Å²) in [6.45, 7) is 1.23. The molecule has 0 unspecified atom stereocenters. The molecule has 2 amide bonds. The zero-order valence-corrected chi connectivity index (χ0v) is 16.3. The van der Waals surface area contributed by atoms with E-state index in [1.807, 2.05) is 30.3 Å². The highest BCUT2D eigenvalue weighted by atomic mass is 19.4. The van der Waals surface area contributed by atoms with Crippen molar-refractivity contribution in [2.24, 2.45) is 0 Å². The molecule has 0 spiro atoms. The zero-order chi connectivity index (χ0) is 22.2. The molecule has 0 atom stereocenters. The molecule has 4 aromatic rings. The number of halogens is 3. The fourth-order valence-corrected chi connectivity index (χ4v) is 3.49. The first-order valence-electron chi connectivity index (χ1n) is 9.39. The number of rotatable bonds is 4. The highest BCUT2D eigenvalue weighted by molar-refractivity contribution is 6.09. The summed E-state index contributed by atoms with van der Waals surface area (Å²) in [7, 11) is 0. The van der Waals surface area contributed by atoms with E-state index >= 15 is 0 Å². The minimum absolute atomic E-state index is 0.0800. The van der Waals surface area contributed by atoms with Crippen molar-refractivity contribution in [1.29, 1.82) is 0 Å². The van der Waals surface area contributed by atoms with Crippen molar-refractivity contribution < 1.29 is 27.2 Å². The van der Waals surface area contributed by atoms with Crippen LogP contribution >= 0.6 is 0 Å². The van der Waals surface area contributed by atoms with Crippen molar-refractivity contribution >= 4 is 44.9 Å². The van der Waals surface area contributed by atoms with E-state index in [0.717, 1.165) is 34.4 Å². The van der Waals surface area contributed by atoms with Gasteiger partial charge in [0.1, 0.15) is 5.58 Å². The Morgan fingerprint density at radius 3 is 2.48 bits per heavy atom. The third-order valence-corrected chi connectivity index (χ3v) is 4.82. The first kappa shape index (κ1) is 20.5. The maximum absolute atomic E-state index is 13.1. The Morgan fingerprint density at radius 1 is 0.968 bits per heavy atom. The first-order chi connectivity index (χ1) is 14.7. The van der Waals surface area contributed by atoms with Crippen molar-refractivity contribution in [2.75, 3.05) is 10.6 Å². The average molecular weight is 426 g/mol. The molecule has 1 aromatic heterocycles. The van der Waals surface area contributed by atoms with E-state index in [-0.39, 0.29) is 17.8 Å². The van der Waals surface area contributed by atoms with Gasteiger partial charge in [-0.15, -0.1) is 0 Å². The molecule has 5 nitrogen and oxygen atoms in total. The molecule has 2 N–H and O–H groups in total. The van der Waals surface area contributed by atoms with Crippen LogP contribution in [0.5, 0.6) is 0 Å². The normalized spacial score (nSPS) is 11.6. The van der Waals surface area contributed by atoms with Crippen LogP contribution < -0.4 is 10.6 Å². The fraction of sp³-hybridized carbons (Fsp3) is 0.130. The lowest BCUT2D eigenvalue weighted by atomic mass is 10.0. The van der Waals surface area contributed by atoms with Gasteiger partial charge in [-0.05, 0) is 35.0 Å². The number of hydrogen-bond donors (Lipinski definition) is 2. The minimum atomic E-state index is -4.59. The van der Waals surface area contributed by atoms with E-state index in [2.05, 4.69) is 10.6 Å². The van der Waals surface area contributed by atoms with Gasteiger partial charge in [-0.25, -0.2) is 0 Å². The fourth-order valence-electron chi connectivity index (χ4n) is 3.49. The summed E-state index contributed by atoms with van der Waals surface area (Å²) in [5.41, 5.74) is 0.234. The number of alkyl halides is 3. The molecule has 0 aliphatic rings. The second-order valence-corrected chi connectivity index (χ2v) is 7.09. The monoisotopic (exact) mass is 426 g/mol. The summed E-state index contributed by atoms with van der Waals surface area (Å²) in [6, 6.07) is 14.1. The highest BCUT2D eigenvalue weighted by Gasteiger charge is 2.31. The largest absolute Gasteiger partial charge is 0.464 e. The number of anilines is 2. The third-order valence-electron chi connectivity index (χ3n) is 4.82. The summed E-state index contributed by atoms with van der Waals surface area (Å²) in [6.07, 6.45) is -3.23. The van der Waals surface area contributed by atoms with Crippen molar-refractivity contribution in [1.82, 2.24) is 0 Å². The maximum Gasteiger partial charge on any atom is 0.416 e. The van der Waals surface area contributed by atoms with Crippen molar-refractivity contribution in [2.45, 2.75) is 19.5 Å². The summed E-state index contributed by atoms with van der Waals surface area (Å²) in [4.78, 5) is 24.1. The number of nitrogens with one attached hydrogen (secondary N) is 2. The number of hydrogen-bond acceptors (Lipinski definition) is 3. The van der Waals surface area contributed by atoms with E-state index in [4.69, 9.17) is 4.42 Å². The SMILES string of the molecule is CC(=O)Nc1ccc(C(F)(F)F)cc1NC(=O)Cc1coc2ccc3ccccc3c12. The van der Waals surface area contributed by atoms with Gasteiger partial charge >= 0.3 is 6.18 Å². The number of fused-ring (bicyclic) bond motifs is 3.